The molecule has 1 saturated carbocycles. The second kappa shape index (κ2) is 5.41. The number of rotatable bonds is 5. The van der Waals surface area contributed by atoms with E-state index in [1.54, 1.807) is 12.1 Å². The van der Waals surface area contributed by atoms with Crippen LogP contribution < -0.4 is 10.5 Å². The van der Waals surface area contributed by atoms with Crippen molar-refractivity contribution in [2.75, 3.05) is 11.9 Å². The molecule has 0 bridgehead atoms. The average Bonchev–Trinajstić information content (AvgIpc) is 2.86. The zero-order chi connectivity index (χ0) is 14.8. The van der Waals surface area contributed by atoms with E-state index in [-0.39, 0.29) is 4.90 Å². The normalized spacial score (nSPS) is 17.9. The van der Waals surface area contributed by atoms with Crippen LogP contribution in [0, 0.1) is 5.41 Å². The molecule has 4 N–H and O–H groups in total. The molecule has 2 rings (SSSR count). The first kappa shape index (κ1) is 14.8. The van der Waals surface area contributed by atoms with Crippen LogP contribution in [-0.4, -0.2) is 26.0 Å². The van der Waals surface area contributed by atoms with Gasteiger partial charge in [-0.05, 0) is 37.1 Å². The number of nitrogens with one attached hydrogen (secondary N) is 1. The molecule has 0 radical (unpaired) electrons. The Balaban J connectivity index is 2.06. The number of primary sulfonamides is 1. The van der Waals surface area contributed by atoms with E-state index >= 15 is 0 Å². The molecule has 0 atom stereocenters. The van der Waals surface area contributed by atoms with E-state index in [0.717, 1.165) is 12.8 Å². The predicted molar refractivity (Wildman–Crippen MR) is 74.8 cm³/mol. The van der Waals surface area contributed by atoms with Crippen molar-refractivity contribution in [2.24, 2.45) is 10.6 Å². The maximum atomic E-state index is 11.4. The number of aliphatic carboxylic acids is 1. The Morgan fingerprint density at radius 1 is 1.25 bits per heavy atom. The summed E-state index contributed by atoms with van der Waals surface area (Å²) in [5.74, 6) is -0.774. The number of carboxylic acid groups (broad SMARTS) is 1. The third-order valence-corrected chi connectivity index (χ3v) is 4.76. The van der Waals surface area contributed by atoms with Gasteiger partial charge in [-0.3, -0.25) is 4.79 Å². The first-order valence-electron chi connectivity index (χ1n) is 6.44. The molecule has 1 aromatic carbocycles. The third kappa shape index (κ3) is 3.10. The second-order valence-corrected chi connectivity index (χ2v) is 6.78. The summed E-state index contributed by atoms with van der Waals surface area (Å²) in [5.41, 5.74) is -0.0246. The van der Waals surface area contributed by atoms with Gasteiger partial charge in [-0.25, -0.2) is 13.6 Å². The smallest absolute Gasteiger partial charge is 0.311 e. The minimum Gasteiger partial charge on any atom is -0.481 e. The molecule has 20 heavy (non-hydrogen) atoms. The molecule has 1 aliphatic rings. The minimum atomic E-state index is -3.70. The largest absolute Gasteiger partial charge is 0.481 e. The van der Waals surface area contributed by atoms with Crippen molar-refractivity contribution in [3.05, 3.63) is 24.3 Å². The molecule has 1 fully saturated rings. The summed E-state index contributed by atoms with van der Waals surface area (Å²) in [6.07, 6.45) is 3.20. The molecule has 0 aromatic heterocycles. The fourth-order valence-electron chi connectivity index (χ4n) is 2.55. The number of sulfonamides is 1. The fraction of sp³-hybridized carbons (Fsp3) is 0.462. The van der Waals surface area contributed by atoms with Crippen molar-refractivity contribution >= 4 is 21.7 Å². The second-order valence-electron chi connectivity index (χ2n) is 5.22. The quantitative estimate of drug-likeness (QED) is 0.761. The van der Waals surface area contributed by atoms with Crippen LogP contribution in [-0.2, 0) is 14.8 Å². The van der Waals surface area contributed by atoms with Gasteiger partial charge in [0.05, 0.1) is 10.3 Å². The van der Waals surface area contributed by atoms with Crippen molar-refractivity contribution in [3.8, 4) is 0 Å². The lowest BCUT2D eigenvalue weighted by atomic mass is 9.86. The standard InChI is InChI=1S/C13H18N2O4S/c14-20(18,19)11-5-3-10(4-6-11)15-9-13(12(16)17)7-1-2-8-13/h3-6,15H,1-2,7-9H2,(H,16,17)(H2,14,18,19). The van der Waals surface area contributed by atoms with E-state index in [1.165, 1.54) is 12.1 Å². The van der Waals surface area contributed by atoms with E-state index in [2.05, 4.69) is 5.32 Å². The molecule has 1 aromatic rings. The molecule has 0 amide bonds. The zero-order valence-electron chi connectivity index (χ0n) is 11.0. The highest BCUT2D eigenvalue weighted by Gasteiger charge is 2.40. The summed E-state index contributed by atoms with van der Waals surface area (Å²) in [6, 6.07) is 5.98. The molecule has 0 saturated heterocycles. The lowest BCUT2D eigenvalue weighted by Gasteiger charge is -2.24. The Labute approximate surface area is 118 Å². The number of hydrogen-bond donors (Lipinski definition) is 3. The van der Waals surface area contributed by atoms with Crippen LogP contribution in [0.2, 0.25) is 0 Å². The van der Waals surface area contributed by atoms with Crippen LogP contribution in [0.3, 0.4) is 0 Å². The van der Waals surface area contributed by atoms with Gasteiger partial charge in [-0.15, -0.1) is 0 Å². The van der Waals surface area contributed by atoms with Crippen molar-refractivity contribution < 1.29 is 18.3 Å². The van der Waals surface area contributed by atoms with Crippen LogP contribution in [0.15, 0.2) is 29.2 Å². The maximum Gasteiger partial charge on any atom is 0.311 e. The molecule has 110 valence electrons. The molecule has 1 aliphatic carbocycles. The monoisotopic (exact) mass is 298 g/mol. The summed E-state index contributed by atoms with van der Waals surface area (Å²) in [5, 5.41) is 17.4. The molecule has 0 spiro atoms. The van der Waals surface area contributed by atoms with Gasteiger partial charge in [0.25, 0.3) is 0 Å². The van der Waals surface area contributed by atoms with Crippen LogP contribution >= 0.6 is 0 Å². The number of anilines is 1. The van der Waals surface area contributed by atoms with Gasteiger partial charge in [0, 0.05) is 12.2 Å². The fourth-order valence-corrected chi connectivity index (χ4v) is 3.07. The van der Waals surface area contributed by atoms with E-state index in [0.29, 0.717) is 25.1 Å². The summed E-state index contributed by atoms with van der Waals surface area (Å²) in [7, 11) is -3.70. The summed E-state index contributed by atoms with van der Waals surface area (Å²) in [4.78, 5) is 11.4. The predicted octanol–water partition coefficient (Wildman–Crippen LogP) is 1.39. The molecular formula is C13H18N2O4S. The van der Waals surface area contributed by atoms with Crippen molar-refractivity contribution in [3.63, 3.8) is 0 Å². The third-order valence-electron chi connectivity index (χ3n) is 3.83. The molecule has 6 nitrogen and oxygen atoms in total. The van der Waals surface area contributed by atoms with Crippen molar-refractivity contribution in [1.82, 2.24) is 0 Å². The Kier molecular flexibility index (Phi) is 4.01. The Bertz CT molecular complexity index is 589. The lowest BCUT2D eigenvalue weighted by molar-refractivity contribution is -0.147. The Morgan fingerprint density at radius 2 is 1.80 bits per heavy atom. The van der Waals surface area contributed by atoms with Gasteiger partial charge in [-0.1, -0.05) is 12.8 Å². The number of benzene rings is 1. The zero-order valence-corrected chi connectivity index (χ0v) is 11.8. The topological polar surface area (TPSA) is 109 Å². The van der Waals surface area contributed by atoms with Crippen molar-refractivity contribution in [2.45, 2.75) is 30.6 Å². The highest BCUT2D eigenvalue weighted by atomic mass is 32.2. The van der Waals surface area contributed by atoms with E-state index in [4.69, 9.17) is 5.14 Å². The highest BCUT2D eigenvalue weighted by Crippen LogP contribution is 2.38. The summed E-state index contributed by atoms with van der Waals surface area (Å²) < 4.78 is 22.3. The summed E-state index contributed by atoms with van der Waals surface area (Å²) in [6.45, 7) is 0.344. The molecule has 7 heteroatoms. The van der Waals surface area contributed by atoms with Crippen molar-refractivity contribution in [1.29, 1.82) is 0 Å². The van der Waals surface area contributed by atoms with E-state index in [9.17, 15) is 18.3 Å². The number of carboxylic acids is 1. The van der Waals surface area contributed by atoms with Crippen LogP contribution in [0.4, 0.5) is 5.69 Å². The van der Waals surface area contributed by atoms with Crippen LogP contribution in [0.1, 0.15) is 25.7 Å². The van der Waals surface area contributed by atoms with Crippen LogP contribution in [0.5, 0.6) is 0 Å². The van der Waals surface area contributed by atoms with Crippen LogP contribution in [0.25, 0.3) is 0 Å². The first-order chi connectivity index (χ1) is 9.33. The van der Waals surface area contributed by atoms with E-state index < -0.39 is 21.4 Å². The number of nitrogens with two attached hydrogens (primary N) is 1. The number of carbonyl (C=O) groups is 1. The molecule has 0 heterocycles. The SMILES string of the molecule is NS(=O)(=O)c1ccc(NCC2(C(=O)O)CCCC2)cc1. The molecule has 0 unspecified atom stereocenters. The van der Waals surface area contributed by atoms with E-state index in [1.807, 2.05) is 0 Å². The maximum absolute atomic E-state index is 11.4. The highest BCUT2D eigenvalue weighted by molar-refractivity contribution is 7.89. The summed E-state index contributed by atoms with van der Waals surface area (Å²) >= 11 is 0. The van der Waals surface area contributed by atoms with Gasteiger partial charge in [0.1, 0.15) is 0 Å². The van der Waals surface area contributed by atoms with Gasteiger partial charge >= 0.3 is 5.97 Å². The Hall–Kier alpha value is -1.60. The first-order valence-corrected chi connectivity index (χ1v) is 7.98. The van der Waals surface area contributed by atoms with Gasteiger partial charge in [0.15, 0.2) is 0 Å². The minimum absolute atomic E-state index is 0.0388. The van der Waals surface area contributed by atoms with Gasteiger partial charge in [-0.2, -0.15) is 0 Å². The Morgan fingerprint density at radius 3 is 2.25 bits per heavy atom. The number of hydrogen-bond acceptors (Lipinski definition) is 4. The van der Waals surface area contributed by atoms with Gasteiger partial charge < -0.3 is 10.4 Å². The molecule has 0 aliphatic heterocycles. The van der Waals surface area contributed by atoms with Gasteiger partial charge in [0.2, 0.25) is 10.0 Å². The molecular weight excluding hydrogens is 280 g/mol. The average molecular weight is 298 g/mol. The lowest BCUT2D eigenvalue weighted by Crippen LogP contribution is -2.35.